The summed E-state index contributed by atoms with van der Waals surface area (Å²) in [5, 5.41) is 2.70. The second kappa shape index (κ2) is 9.12. The van der Waals surface area contributed by atoms with Gasteiger partial charge in [-0.2, -0.15) is 0 Å². The zero-order valence-corrected chi connectivity index (χ0v) is 18.3. The number of benzene rings is 1. The largest absolute Gasteiger partial charge is 0.465 e. The van der Waals surface area contributed by atoms with Gasteiger partial charge < -0.3 is 15.0 Å². The number of ketones is 1. The molecule has 1 aromatic carbocycles. The Bertz CT molecular complexity index is 1100. The lowest BCUT2D eigenvalue weighted by atomic mass is 10.1. The van der Waals surface area contributed by atoms with E-state index in [2.05, 4.69) is 15.0 Å². The van der Waals surface area contributed by atoms with Crippen molar-refractivity contribution in [2.24, 2.45) is 0 Å². The SMILES string of the molecule is CCS(=O)(=O)Nc1ccc(NC(=O)Cc2[nH]c(C(C)=O)c(C)c2C(=O)OC)cc1C. The normalized spacial score (nSPS) is 11.1. The summed E-state index contributed by atoms with van der Waals surface area (Å²) in [6.45, 7) is 6.22. The van der Waals surface area contributed by atoms with Gasteiger partial charge in [-0.1, -0.05) is 0 Å². The third-order valence-electron chi connectivity index (χ3n) is 4.56. The second-order valence-electron chi connectivity index (χ2n) is 6.79. The number of ether oxygens (including phenoxy) is 1. The van der Waals surface area contributed by atoms with Gasteiger partial charge in [-0.25, -0.2) is 13.2 Å². The molecule has 1 aromatic heterocycles. The Morgan fingerprint density at radius 1 is 1.17 bits per heavy atom. The van der Waals surface area contributed by atoms with Gasteiger partial charge in [-0.3, -0.25) is 14.3 Å². The Balaban J connectivity index is 2.22. The predicted molar refractivity (Wildman–Crippen MR) is 113 cm³/mol. The number of methoxy groups -OCH3 is 1. The molecule has 0 saturated heterocycles. The van der Waals surface area contributed by atoms with Crippen molar-refractivity contribution in [2.45, 2.75) is 34.1 Å². The lowest BCUT2D eigenvalue weighted by Gasteiger charge is -2.12. The van der Waals surface area contributed by atoms with Gasteiger partial charge in [0.05, 0.1) is 36.2 Å². The highest BCUT2D eigenvalue weighted by atomic mass is 32.2. The van der Waals surface area contributed by atoms with Crippen molar-refractivity contribution >= 4 is 39.1 Å². The minimum atomic E-state index is -3.41. The lowest BCUT2D eigenvalue weighted by Crippen LogP contribution is -2.18. The Morgan fingerprint density at radius 3 is 2.37 bits per heavy atom. The Kier molecular flexibility index (Phi) is 7.04. The molecule has 0 radical (unpaired) electrons. The number of nitrogens with one attached hydrogen (secondary N) is 3. The maximum Gasteiger partial charge on any atom is 0.339 e. The van der Waals surface area contributed by atoms with E-state index >= 15 is 0 Å². The Labute approximate surface area is 175 Å². The van der Waals surface area contributed by atoms with Gasteiger partial charge in [0, 0.05) is 18.3 Å². The number of sulfonamides is 1. The molecule has 0 saturated carbocycles. The molecule has 0 aliphatic rings. The van der Waals surface area contributed by atoms with Crippen LogP contribution in [0, 0.1) is 13.8 Å². The van der Waals surface area contributed by atoms with Gasteiger partial charge in [-0.05, 0) is 50.1 Å². The van der Waals surface area contributed by atoms with Gasteiger partial charge in [0.15, 0.2) is 5.78 Å². The molecule has 0 fully saturated rings. The molecule has 0 aliphatic heterocycles. The van der Waals surface area contributed by atoms with Crippen LogP contribution in [-0.4, -0.2) is 43.9 Å². The molecule has 10 heteroatoms. The van der Waals surface area contributed by atoms with Crippen LogP contribution >= 0.6 is 0 Å². The van der Waals surface area contributed by atoms with Crippen LogP contribution in [0.3, 0.4) is 0 Å². The summed E-state index contributed by atoms with van der Waals surface area (Å²) < 4.78 is 30.7. The highest BCUT2D eigenvalue weighted by Gasteiger charge is 2.24. The number of aromatic nitrogens is 1. The number of esters is 1. The zero-order valence-electron chi connectivity index (χ0n) is 17.5. The van der Waals surface area contributed by atoms with Crippen LogP contribution < -0.4 is 10.0 Å². The fourth-order valence-corrected chi connectivity index (χ4v) is 3.69. The summed E-state index contributed by atoms with van der Waals surface area (Å²) in [7, 11) is -2.18. The molecule has 3 N–H and O–H groups in total. The van der Waals surface area contributed by atoms with E-state index in [1.165, 1.54) is 21.0 Å². The van der Waals surface area contributed by atoms with E-state index in [4.69, 9.17) is 4.74 Å². The molecule has 0 spiro atoms. The fraction of sp³-hybridized carbons (Fsp3) is 0.350. The van der Waals surface area contributed by atoms with Crippen molar-refractivity contribution < 1.29 is 27.5 Å². The summed E-state index contributed by atoms with van der Waals surface area (Å²) in [5.41, 5.74) is 2.65. The van der Waals surface area contributed by atoms with Crippen molar-refractivity contribution in [1.82, 2.24) is 4.98 Å². The van der Waals surface area contributed by atoms with E-state index in [0.717, 1.165) is 0 Å². The number of aromatic amines is 1. The monoisotopic (exact) mass is 435 g/mol. The summed E-state index contributed by atoms with van der Waals surface area (Å²) in [5.74, 6) is -1.36. The summed E-state index contributed by atoms with van der Waals surface area (Å²) in [4.78, 5) is 39.3. The smallest absolute Gasteiger partial charge is 0.339 e. The predicted octanol–water partition coefficient (Wildman–Crippen LogP) is 2.56. The number of anilines is 2. The highest BCUT2D eigenvalue weighted by molar-refractivity contribution is 7.92. The number of carbonyl (C=O) groups excluding carboxylic acids is 3. The van der Waals surface area contributed by atoms with Gasteiger partial charge in [0.1, 0.15) is 0 Å². The third kappa shape index (κ3) is 5.26. The van der Waals surface area contributed by atoms with E-state index in [9.17, 15) is 22.8 Å². The number of hydrogen-bond donors (Lipinski definition) is 3. The molecule has 30 heavy (non-hydrogen) atoms. The van der Waals surface area contributed by atoms with E-state index in [1.807, 2.05) is 0 Å². The molecular weight excluding hydrogens is 410 g/mol. The molecule has 9 nitrogen and oxygen atoms in total. The van der Waals surface area contributed by atoms with Crippen molar-refractivity contribution in [1.29, 1.82) is 0 Å². The number of Topliss-reactive ketones (excluding diaryl/α,β-unsaturated/α-hetero) is 1. The topological polar surface area (TPSA) is 134 Å². The number of aryl methyl sites for hydroxylation is 1. The first-order valence-corrected chi connectivity index (χ1v) is 10.9. The van der Waals surface area contributed by atoms with Gasteiger partial charge in [0.25, 0.3) is 0 Å². The van der Waals surface area contributed by atoms with E-state index in [1.54, 1.807) is 32.0 Å². The molecule has 0 atom stereocenters. The number of rotatable bonds is 8. The van der Waals surface area contributed by atoms with Crippen molar-refractivity contribution in [3.8, 4) is 0 Å². The molecule has 2 rings (SSSR count). The molecule has 0 unspecified atom stereocenters. The molecule has 2 aromatic rings. The van der Waals surface area contributed by atoms with Crippen LogP contribution in [-0.2, 0) is 26.0 Å². The van der Waals surface area contributed by atoms with E-state index in [0.29, 0.717) is 22.5 Å². The van der Waals surface area contributed by atoms with Crippen LogP contribution in [0.15, 0.2) is 18.2 Å². The van der Waals surface area contributed by atoms with Crippen LogP contribution in [0.2, 0.25) is 0 Å². The lowest BCUT2D eigenvalue weighted by molar-refractivity contribution is -0.115. The van der Waals surface area contributed by atoms with Crippen LogP contribution in [0.1, 0.15) is 51.5 Å². The average molecular weight is 436 g/mol. The van der Waals surface area contributed by atoms with Crippen LogP contribution in [0.25, 0.3) is 0 Å². The highest BCUT2D eigenvalue weighted by Crippen LogP contribution is 2.23. The summed E-state index contributed by atoms with van der Waals surface area (Å²) in [6, 6.07) is 4.76. The second-order valence-corrected chi connectivity index (χ2v) is 8.80. The number of carbonyl (C=O) groups is 3. The van der Waals surface area contributed by atoms with Crippen LogP contribution in [0.4, 0.5) is 11.4 Å². The van der Waals surface area contributed by atoms with Crippen molar-refractivity contribution in [2.75, 3.05) is 22.9 Å². The molecule has 1 amide bonds. The van der Waals surface area contributed by atoms with Gasteiger partial charge in [0.2, 0.25) is 15.9 Å². The maximum atomic E-state index is 12.5. The Hall–Kier alpha value is -3.14. The number of H-pyrrole nitrogens is 1. The quantitative estimate of drug-likeness (QED) is 0.431. The van der Waals surface area contributed by atoms with Gasteiger partial charge >= 0.3 is 5.97 Å². The van der Waals surface area contributed by atoms with Gasteiger partial charge in [-0.15, -0.1) is 0 Å². The molecule has 0 bridgehead atoms. The summed E-state index contributed by atoms with van der Waals surface area (Å²) in [6.07, 6.45) is -0.179. The van der Waals surface area contributed by atoms with Crippen molar-refractivity contribution in [3.63, 3.8) is 0 Å². The van der Waals surface area contributed by atoms with Crippen molar-refractivity contribution in [3.05, 3.63) is 46.3 Å². The first kappa shape index (κ1) is 23.1. The standard InChI is InChI=1S/C20H25N3O6S/c1-6-30(27,28)23-15-8-7-14(9-11(15)2)21-17(25)10-16-18(20(26)29-5)12(3)19(22-16)13(4)24/h7-9,22-23H,6,10H2,1-5H3,(H,21,25). The molecule has 0 aliphatic carbocycles. The minimum absolute atomic E-state index is 0.0503. The number of amides is 1. The minimum Gasteiger partial charge on any atom is -0.465 e. The number of hydrogen-bond acceptors (Lipinski definition) is 6. The van der Waals surface area contributed by atoms with E-state index in [-0.39, 0.29) is 34.9 Å². The molecule has 162 valence electrons. The third-order valence-corrected chi connectivity index (χ3v) is 5.85. The Morgan fingerprint density at radius 2 is 1.83 bits per heavy atom. The fourth-order valence-electron chi connectivity index (χ4n) is 2.98. The van der Waals surface area contributed by atoms with E-state index < -0.39 is 21.9 Å². The first-order valence-electron chi connectivity index (χ1n) is 9.20. The maximum absolute atomic E-state index is 12.5. The zero-order chi connectivity index (χ0) is 22.6. The average Bonchev–Trinajstić information content (AvgIpc) is 2.99. The first-order chi connectivity index (χ1) is 14.0. The summed E-state index contributed by atoms with van der Waals surface area (Å²) >= 11 is 0. The molecule has 1 heterocycles. The molecular formula is C20H25N3O6S. The van der Waals surface area contributed by atoms with Crippen LogP contribution in [0.5, 0.6) is 0 Å².